The molecule has 0 bridgehead atoms. The van der Waals surface area contributed by atoms with Crippen LogP contribution in [-0.2, 0) is 20.9 Å². The zero-order valence-corrected chi connectivity index (χ0v) is 23.7. The standard InChI is InChI=1S/C25H24BrCl2NO6S/c1-4-33-20-8-15(7-18(26)23(20)35-13-16-5-6-17(27)10-19(16)28)9-21-24(31)29(25(32)36-21)11-22(30)34-12-14(2)3/h5-10,14H,4,11-13H2,1-3H3/b21-9-. The van der Waals surface area contributed by atoms with E-state index in [1.54, 1.807) is 36.4 Å². The molecule has 36 heavy (non-hydrogen) atoms. The molecule has 2 aromatic rings. The minimum absolute atomic E-state index is 0.150. The van der Waals surface area contributed by atoms with Gasteiger partial charge in [-0.1, -0.05) is 43.1 Å². The second-order valence-corrected chi connectivity index (χ2v) is 10.8. The smallest absolute Gasteiger partial charge is 0.326 e. The van der Waals surface area contributed by atoms with Gasteiger partial charge in [0.05, 0.1) is 22.6 Å². The predicted octanol–water partition coefficient (Wildman–Crippen LogP) is 6.97. The summed E-state index contributed by atoms with van der Waals surface area (Å²) >= 11 is 16.5. The first-order valence-electron chi connectivity index (χ1n) is 11.0. The topological polar surface area (TPSA) is 82.1 Å². The number of benzene rings is 2. The summed E-state index contributed by atoms with van der Waals surface area (Å²) in [5, 5.41) is 0.481. The average molecular weight is 617 g/mol. The zero-order valence-electron chi connectivity index (χ0n) is 19.8. The van der Waals surface area contributed by atoms with Crippen LogP contribution >= 0.6 is 50.9 Å². The third-order valence-electron chi connectivity index (χ3n) is 4.76. The first kappa shape index (κ1) is 28.4. The molecule has 0 aromatic heterocycles. The highest BCUT2D eigenvalue weighted by Gasteiger charge is 2.36. The minimum atomic E-state index is -0.629. The Balaban J connectivity index is 1.79. The van der Waals surface area contributed by atoms with Crippen LogP contribution in [-0.4, -0.2) is 41.8 Å². The second-order valence-electron chi connectivity index (χ2n) is 8.13. The van der Waals surface area contributed by atoms with Gasteiger partial charge in [-0.25, -0.2) is 0 Å². The second kappa shape index (κ2) is 12.9. The normalized spacial score (nSPS) is 14.6. The molecule has 192 valence electrons. The molecule has 1 fully saturated rings. The number of ether oxygens (including phenoxy) is 3. The van der Waals surface area contributed by atoms with Crippen LogP contribution in [0.2, 0.25) is 10.0 Å². The van der Waals surface area contributed by atoms with Crippen molar-refractivity contribution in [1.29, 1.82) is 0 Å². The summed E-state index contributed by atoms with van der Waals surface area (Å²) < 4.78 is 17.4. The lowest BCUT2D eigenvalue weighted by molar-refractivity contribution is -0.147. The molecule has 0 N–H and O–H groups in total. The van der Waals surface area contributed by atoms with Crippen LogP contribution in [0.3, 0.4) is 0 Å². The van der Waals surface area contributed by atoms with Gasteiger partial charge >= 0.3 is 5.97 Å². The highest BCUT2D eigenvalue weighted by molar-refractivity contribution is 9.10. The fourth-order valence-electron chi connectivity index (χ4n) is 3.08. The zero-order chi connectivity index (χ0) is 26.4. The van der Waals surface area contributed by atoms with Gasteiger partial charge in [0.25, 0.3) is 11.1 Å². The molecule has 7 nitrogen and oxygen atoms in total. The fourth-order valence-corrected chi connectivity index (χ4v) is 4.96. The van der Waals surface area contributed by atoms with Crippen LogP contribution in [0.1, 0.15) is 31.9 Å². The molecule has 2 aromatic carbocycles. The minimum Gasteiger partial charge on any atom is -0.490 e. The van der Waals surface area contributed by atoms with Gasteiger partial charge in [0, 0.05) is 15.6 Å². The van der Waals surface area contributed by atoms with Crippen molar-refractivity contribution in [3.05, 3.63) is 60.9 Å². The number of imide groups is 1. The number of rotatable bonds is 10. The Morgan fingerprint density at radius 1 is 1.17 bits per heavy atom. The summed E-state index contributed by atoms with van der Waals surface area (Å²) in [5.41, 5.74) is 1.36. The molecule has 0 aliphatic carbocycles. The largest absolute Gasteiger partial charge is 0.490 e. The van der Waals surface area contributed by atoms with E-state index < -0.39 is 23.7 Å². The van der Waals surface area contributed by atoms with Crippen molar-refractivity contribution in [2.24, 2.45) is 5.92 Å². The number of amides is 2. The summed E-state index contributed by atoms with van der Waals surface area (Å²) in [5.74, 6) is -0.133. The van der Waals surface area contributed by atoms with E-state index in [1.807, 2.05) is 20.8 Å². The van der Waals surface area contributed by atoms with Crippen molar-refractivity contribution in [3.8, 4) is 11.5 Å². The van der Waals surface area contributed by atoms with Gasteiger partial charge in [-0.3, -0.25) is 19.3 Å². The molecule has 0 radical (unpaired) electrons. The van der Waals surface area contributed by atoms with Gasteiger partial charge in [0.2, 0.25) is 0 Å². The third-order valence-corrected chi connectivity index (χ3v) is 6.84. The summed E-state index contributed by atoms with van der Waals surface area (Å²) in [6, 6.07) is 8.59. The monoisotopic (exact) mass is 615 g/mol. The first-order valence-corrected chi connectivity index (χ1v) is 13.4. The molecule has 0 saturated carbocycles. The van der Waals surface area contributed by atoms with Crippen molar-refractivity contribution < 1.29 is 28.6 Å². The first-order chi connectivity index (χ1) is 17.1. The van der Waals surface area contributed by atoms with E-state index in [0.717, 1.165) is 22.2 Å². The van der Waals surface area contributed by atoms with Gasteiger partial charge in [0.15, 0.2) is 11.5 Å². The van der Waals surface area contributed by atoms with Crippen LogP contribution < -0.4 is 9.47 Å². The molecule has 0 atom stereocenters. The molecule has 1 aliphatic rings. The van der Waals surface area contributed by atoms with Gasteiger partial charge in [-0.2, -0.15) is 0 Å². The number of halogens is 3. The van der Waals surface area contributed by atoms with E-state index >= 15 is 0 Å². The van der Waals surface area contributed by atoms with Crippen molar-refractivity contribution in [2.75, 3.05) is 19.8 Å². The summed E-state index contributed by atoms with van der Waals surface area (Å²) in [6.07, 6.45) is 1.57. The number of nitrogens with zero attached hydrogens (tertiary/aromatic N) is 1. The highest BCUT2D eigenvalue weighted by atomic mass is 79.9. The van der Waals surface area contributed by atoms with E-state index in [-0.39, 0.29) is 24.0 Å². The maximum Gasteiger partial charge on any atom is 0.326 e. The Labute approximate surface area is 232 Å². The summed E-state index contributed by atoms with van der Waals surface area (Å²) in [4.78, 5) is 38.2. The van der Waals surface area contributed by atoms with Crippen LogP contribution in [0, 0.1) is 5.92 Å². The Morgan fingerprint density at radius 2 is 1.92 bits per heavy atom. The van der Waals surface area contributed by atoms with Crippen molar-refractivity contribution in [1.82, 2.24) is 4.90 Å². The van der Waals surface area contributed by atoms with Crippen LogP contribution in [0.4, 0.5) is 4.79 Å². The number of carbonyl (C=O) groups is 3. The van der Waals surface area contributed by atoms with Gasteiger partial charge in [-0.15, -0.1) is 0 Å². The van der Waals surface area contributed by atoms with E-state index in [9.17, 15) is 14.4 Å². The van der Waals surface area contributed by atoms with Crippen molar-refractivity contribution >= 4 is 74.1 Å². The van der Waals surface area contributed by atoms with Gasteiger partial charge in [-0.05, 0) is 76.4 Å². The molecule has 2 amide bonds. The summed E-state index contributed by atoms with van der Waals surface area (Å²) in [6.45, 7) is 5.98. The lowest BCUT2D eigenvalue weighted by Gasteiger charge is -2.15. The average Bonchev–Trinajstić information content (AvgIpc) is 3.05. The number of thioether (sulfide) groups is 1. The molecule has 11 heteroatoms. The molecule has 3 rings (SSSR count). The molecule has 1 aliphatic heterocycles. The molecule has 0 unspecified atom stereocenters. The number of hydrogen-bond acceptors (Lipinski definition) is 7. The van der Waals surface area contributed by atoms with E-state index in [2.05, 4.69) is 15.9 Å². The number of hydrogen-bond donors (Lipinski definition) is 0. The van der Waals surface area contributed by atoms with Gasteiger partial charge < -0.3 is 14.2 Å². The molecular formula is C25H24BrCl2NO6S. The molecule has 0 spiro atoms. The van der Waals surface area contributed by atoms with E-state index in [0.29, 0.717) is 38.2 Å². The highest BCUT2D eigenvalue weighted by Crippen LogP contribution is 2.40. The SMILES string of the molecule is CCOc1cc(/C=C2\SC(=O)N(CC(=O)OCC(C)C)C2=O)cc(Br)c1OCc1ccc(Cl)cc1Cl. The lowest BCUT2D eigenvalue weighted by atomic mass is 10.1. The van der Waals surface area contributed by atoms with Crippen LogP contribution in [0.5, 0.6) is 11.5 Å². The quantitative estimate of drug-likeness (QED) is 0.211. The predicted molar refractivity (Wildman–Crippen MR) is 145 cm³/mol. The Bertz CT molecular complexity index is 1200. The number of carbonyl (C=O) groups excluding carboxylic acids is 3. The Hall–Kier alpha value is -2.20. The Morgan fingerprint density at radius 3 is 2.58 bits per heavy atom. The molecule has 1 saturated heterocycles. The van der Waals surface area contributed by atoms with Crippen LogP contribution in [0.25, 0.3) is 6.08 Å². The fraction of sp³-hybridized carbons (Fsp3) is 0.320. The maximum absolute atomic E-state index is 12.8. The van der Waals surface area contributed by atoms with E-state index in [4.69, 9.17) is 37.4 Å². The number of esters is 1. The molecule has 1 heterocycles. The summed E-state index contributed by atoms with van der Waals surface area (Å²) in [7, 11) is 0. The Kier molecular flexibility index (Phi) is 10.1. The third kappa shape index (κ3) is 7.41. The van der Waals surface area contributed by atoms with E-state index in [1.165, 1.54) is 0 Å². The maximum atomic E-state index is 12.8. The van der Waals surface area contributed by atoms with Gasteiger partial charge in [0.1, 0.15) is 13.2 Å². The molecular weight excluding hydrogens is 593 g/mol. The van der Waals surface area contributed by atoms with Crippen LogP contribution in [0.15, 0.2) is 39.7 Å². The van der Waals surface area contributed by atoms with Crippen molar-refractivity contribution in [2.45, 2.75) is 27.4 Å². The van der Waals surface area contributed by atoms with Crippen molar-refractivity contribution in [3.63, 3.8) is 0 Å². The lowest BCUT2D eigenvalue weighted by Crippen LogP contribution is -2.34.